The van der Waals surface area contributed by atoms with E-state index in [4.69, 9.17) is 9.47 Å². The van der Waals surface area contributed by atoms with Gasteiger partial charge in [0.05, 0.1) is 19.9 Å². The molecule has 6 heteroatoms. The van der Waals surface area contributed by atoms with Crippen LogP contribution in [0.4, 0.5) is 5.69 Å². The van der Waals surface area contributed by atoms with Crippen molar-refractivity contribution in [1.29, 1.82) is 0 Å². The fourth-order valence-corrected chi connectivity index (χ4v) is 3.58. The van der Waals surface area contributed by atoms with Gasteiger partial charge >= 0.3 is 0 Å². The Labute approximate surface area is 165 Å². The van der Waals surface area contributed by atoms with E-state index in [9.17, 15) is 9.59 Å². The SMILES string of the molecule is COc1ccc(NC(=O)C2(Cc3ccccc3)CCCCC(=O)N2)c(OC)c1. The minimum absolute atomic E-state index is 0.0923. The van der Waals surface area contributed by atoms with Gasteiger partial charge < -0.3 is 20.1 Å². The van der Waals surface area contributed by atoms with E-state index in [2.05, 4.69) is 10.6 Å². The summed E-state index contributed by atoms with van der Waals surface area (Å²) in [4.78, 5) is 25.7. The van der Waals surface area contributed by atoms with Crippen molar-refractivity contribution in [3.05, 3.63) is 54.1 Å². The smallest absolute Gasteiger partial charge is 0.250 e. The maximum Gasteiger partial charge on any atom is 0.250 e. The van der Waals surface area contributed by atoms with Crippen LogP contribution in [0.5, 0.6) is 11.5 Å². The van der Waals surface area contributed by atoms with Gasteiger partial charge in [0.15, 0.2) is 0 Å². The summed E-state index contributed by atoms with van der Waals surface area (Å²) in [5, 5.41) is 5.96. The molecule has 1 atom stereocenters. The highest BCUT2D eigenvalue weighted by Crippen LogP contribution is 2.31. The van der Waals surface area contributed by atoms with Crippen LogP contribution in [0.3, 0.4) is 0 Å². The highest BCUT2D eigenvalue weighted by atomic mass is 16.5. The minimum atomic E-state index is -1.00. The Balaban J connectivity index is 1.91. The number of hydrogen-bond acceptors (Lipinski definition) is 4. The van der Waals surface area contributed by atoms with Gasteiger partial charge in [-0.25, -0.2) is 0 Å². The summed E-state index contributed by atoms with van der Waals surface area (Å²) < 4.78 is 10.6. The average Bonchev–Trinajstić information content (AvgIpc) is 2.90. The zero-order valence-electron chi connectivity index (χ0n) is 16.3. The lowest BCUT2D eigenvalue weighted by molar-refractivity contribution is -0.130. The van der Waals surface area contributed by atoms with Crippen LogP contribution in [0.25, 0.3) is 0 Å². The molecule has 1 heterocycles. The first-order valence-corrected chi connectivity index (χ1v) is 9.45. The molecule has 6 nitrogen and oxygen atoms in total. The summed E-state index contributed by atoms with van der Waals surface area (Å²) in [7, 11) is 3.11. The number of methoxy groups -OCH3 is 2. The Morgan fingerprint density at radius 1 is 1.11 bits per heavy atom. The molecule has 0 bridgehead atoms. The molecule has 1 fully saturated rings. The first-order valence-electron chi connectivity index (χ1n) is 9.45. The first-order chi connectivity index (χ1) is 13.6. The lowest BCUT2D eigenvalue weighted by Crippen LogP contribution is -2.57. The highest BCUT2D eigenvalue weighted by molar-refractivity contribution is 6.02. The molecule has 2 aromatic rings. The van der Waals surface area contributed by atoms with Gasteiger partial charge in [-0.15, -0.1) is 0 Å². The minimum Gasteiger partial charge on any atom is -0.497 e. The summed E-state index contributed by atoms with van der Waals surface area (Å²) in [6.07, 6.45) is 3.04. The van der Waals surface area contributed by atoms with E-state index in [-0.39, 0.29) is 11.8 Å². The normalized spacial score (nSPS) is 19.3. The molecule has 1 unspecified atom stereocenters. The molecule has 0 aliphatic carbocycles. The number of benzene rings is 2. The van der Waals surface area contributed by atoms with E-state index in [1.165, 1.54) is 7.11 Å². The molecule has 0 saturated carbocycles. The maximum absolute atomic E-state index is 13.4. The molecule has 1 aliphatic rings. The van der Waals surface area contributed by atoms with Gasteiger partial charge in [0.2, 0.25) is 5.91 Å². The Morgan fingerprint density at radius 3 is 2.61 bits per heavy atom. The van der Waals surface area contributed by atoms with Gasteiger partial charge in [0.1, 0.15) is 17.0 Å². The Hall–Kier alpha value is -3.02. The van der Waals surface area contributed by atoms with Crippen molar-refractivity contribution in [3.63, 3.8) is 0 Å². The summed E-state index contributed by atoms with van der Waals surface area (Å²) in [5.74, 6) is 0.805. The van der Waals surface area contributed by atoms with Gasteiger partial charge in [0.25, 0.3) is 5.91 Å². The molecular weight excluding hydrogens is 356 g/mol. The summed E-state index contributed by atoms with van der Waals surface area (Å²) in [6, 6.07) is 15.0. The van der Waals surface area contributed by atoms with E-state index in [0.29, 0.717) is 36.4 Å². The third-order valence-corrected chi connectivity index (χ3v) is 5.08. The first kappa shape index (κ1) is 19.7. The third-order valence-electron chi connectivity index (χ3n) is 5.08. The van der Waals surface area contributed by atoms with Gasteiger partial charge in [-0.05, 0) is 30.5 Å². The molecular formula is C22H26N2O4. The molecule has 1 saturated heterocycles. The van der Waals surface area contributed by atoms with E-state index in [1.54, 1.807) is 25.3 Å². The number of carbonyl (C=O) groups excluding carboxylic acids is 2. The van der Waals surface area contributed by atoms with Crippen LogP contribution in [-0.2, 0) is 16.0 Å². The highest BCUT2D eigenvalue weighted by Gasteiger charge is 2.41. The molecule has 0 aromatic heterocycles. The second-order valence-corrected chi connectivity index (χ2v) is 7.02. The van der Waals surface area contributed by atoms with Crippen molar-refractivity contribution in [2.24, 2.45) is 0 Å². The zero-order valence-corrected chi connectivity index (χ0v) is 16.3. The van der Waals surface area contributed by atoms with Crippen LogP contribution in [-0.4, -0.2) is 31.6 Å². The molecule has 0 spiro atoms. The maximum atomic E-state index is 13.4. The predicted octanol–water partition coefficient (Wildman–Crippen LogP) is 3.31. The largest absolute Gasteiger partial charge is 0.497 e. The molecule has 28 heavy (non-hydrogen) atoms. The van der Waals surface area contributed by atoms with Crippen LogP contribution >= 0.6 is 0 Å². The van der Waals surface area contributed by atoms with E-state index in [0.717, 1.165) is 18.4 Å². The van der Waals surface area contributed by atoms with Gasteiger partial charge in [0, 0.05) is 18.9 Å². The third kappa shape index (κ3) is 4.44. The van der Waals surface area contributed by atoms with Crippen LogP contribution < -0.4 is 20.1 Å². The van der Waals surface area contributed by atoms with Crippen molar-refractivity contribution in [2.45, 2.75) is 37.6 Å². The Bertz CT molecular complexity index is 838. The number of nitrogens with one attached hydrogen (secondary N) is 2. The van der Waals surface area contributed by atoms with Crippen LogP contribution in [0.1, 0.15) is 31.2 Å². The van der Waals surface area contributed by atoms with E-state index < -0.39 is 5.54 Å². The van der Waals surface area contributed by atoms with Crippen molar-refractivity contribution < 1.29 is 19.1 Å². The Morgan fingerprint density at radius 2 is 1.89 bits per heavy atom. The van der Waals surface area contributed by atoms with Crippen molar-refractivity contribution >= 4 is 17.5 Å². The molecule has 148 valence electrons. The lowest BCUT2D eigenvalue weighted by atomic mass is 9.85. The fraction of sp³-hybridized carbons (Fsp3) is 0.364. The molecule has 2 aromatic carbocycles. The number of rotatable bonds is 6. The molecule has 0 radical (unpaired) electrons. The number of hydrogen-bond donors (Lipinski definition) is 2. The number of anilines is 1. The van der Waals surface area contributed by atoms with Crippen molar-refractivity contribution in [2.75, 3.05) is 19.5 Å². The number of amides is 2. The summed E-state index contributed by atoms with van der Waals surface area (Å²) in [5.41, 5.74) is 0.542. The predicted molar refractivity (Wildman–Crippen MR) is 108 cm³/mol. The standard InChI is InChI=1S/C22H26N2O4/c1-27-17-11-12-18(19(14-17)28-2)23-21(26)22(13-7-6-10-20(25)24-22)15-16-8-4-3-5-9-16/h3-5,8-9,11-12,14H,6-7,10,13,15H2,1-2H3,(H,23,26)(H,24,25). The molecule has 2 amide bonds. The zero-order chi connectivity index (χ0) is 20.0. The second-order valence-electron chi connectivity index (χ2n) is 7.02. The topological polar surface area (TPSA) is 76.7 Å². The molecule has 3 rings (SSSR count). The monoisotopic (exact) mass is 382 g/mol. The summed E-state index contributed by atoms with van der Waals surface area (Å²) >= 11 is 0. The van der Waals surface area contributed by atoms with E-state index in [1.807, 2.05) is 30.3 Å². The van der Waals surface area contributed by atoms with Crippen LogP contribution in [0.15, 0.2) is 48.5 Å². The number of ether oxygens (including phenoxy) is 2. The number of carbonyl (C=O) groups is 2. The van der Waals surface area contributed by atoms with Gasteiger partial charge in [-0.3, -0.25) is 9.59 Å². The molecule has 1 aliphatic heterocycles. The van der Waals surface area contributed by atoms with Gasteiger partial charge in [-0.2, -0.15) is 0 Å². The van der Waals surface area contributed by atoms with Gasteiger partial charge in [-0.1, -0.05) is 36.8 Å². The van der Waals surface area contributed by atoms with Crippen LogP contribution in [0, 0.1) is 0 Å². The Kier molecular flexibility index (Phi) is 6.19. The fourth-order valence-electron chi connectivity index (χ4n) is 3.58. The lowest BCUT2D eigenvalue weighted by Gasteiger charge is -2.32. The average molecular weight is 382 g/mol. The van der Waals surface area contributed by atoms with Crippen molar-refractivity contribution in [1.82, 2.24) is 5.32 Å². The van der Waals surface area contributed by atoms with E-state index >= 15 is 0 Å². The molecule has 2 N–H and O–H groups in total. The quantitative estimate of drug-likeness (QED) is 0.804. The van der Waals surface area contributed by atoms with Crippen LogP contribution in [0.2, 0.25) is 0 Å². The van der Waals surface area contributed by atoms with Crippen molar-refractivity contribution in [3.8, 4) is 11.5 Å². The second kappa shape index (κ2) is 8.78. The summed E-state index contributed by atoms with van der Waals surface area (Å²) in [6.45, 7) is 0.